The number of carbonyl (C=O) groups is 2. The lowest BCUT2D eigenvalue weighted by atomic mass is 9.93. The van der Waals surface area contributed by atoms with E-state index in [1.165, 1.54) is 4.88 Å². The van der Waals surface area contributed by atoms with E-state index in [4.69, 9.17) is 23.2 Å². The van der Waals surface area contributed by atoms with Crippen LogP contribution >= 0.6 is 34.5 Å². The maximum absolute atomic E-state index is 13.6. The van der Waals surface area contributed by atoms with Crippen molar-refractivity contribution < 1.29 is 9.59 Å². The van der Waals surface area contributed by atoms with Crippen LogP contribution in [0.3, 0.4) is 0 Å². The number of amides is 2. The summed E-state index contributed by atoms with van der Waals surface area (Å²) in [7, 11) is 0. The van der Waals surface area contributed by atoms with E-state index in [0.29, 0.717) is 22.2 Å². The Morgan fingerprint density at radius 2 is 1.84 bits per heavy atom. The Balaban J connectivity index is 1.66. The van der Waals surface area contributed by atoms with Crippen molar-refractivity contribution in [1.82, 2.24) is 9.80 Å². The topological polar surface area (TPSA) is 40.6 Å². The number of halogens is 2. The number of carbonyl (C=O) groups excluding carboxylic acids is 2. The minimum absolute atomic E-state index is 0.00652. The van der Waals surface area contributed by atoms with Crippen LogP contribution < -0.4 is 0 Å². The van der Waals surface area contributed by atoms with Crippen LogP contribution in [0.5, 0.6) is 0 Å². The fraction of sp³-hybridized carbons (Fsp3) is 0.280. The van der Waals surface area contributed by atoms with E-state index in [0.717, 1.165) is 17.5 Å². The van der Waals surface area contributed by atoms with Gasteiger partial charge in [0.2, 0.25) is 5.91 Å². The molecule has 0 unspecified atom stereocenters. The first-order valence-corrected chi connectivity index (χ1v) is 12.2. The summed E-state index contributed by atoms with van der Waals surface area (Å²) < 4.78 is 0. The molecule has 1 aliphatic heterocycles. The van der Waals surface area contributed by atoms with Crippen LogP contribution in [0.4, 0.5) is 0 Å². The molecular weight excluding hydrogens is 463 g/mol. The highest BCUT2D eigenvalue weighted by Gasteiger charge is 2.35. The molecule has 2 amide bonds. The summed E-state index contributed by atoms with van der Waals surface area (Å²) in [5, 5.41) is 3.13. The molecule has 1 aromatic heterocycles. The van der Waals surface area contributed by atoms with Gasteiger partial charge in [-0.15, -0.1) is 11.3 Å². The molecule has 4 nitrogen and oxygen atoms in total. The lowest BCUT2D eigenvalue weighted by Crippen LogP contribution is -2.48. The Kier molecular flexibility index (Phi) is 6.89. The van der Waals surface area contributed by atoms with Crippen LogP contribution in [-0.4, -0.2) is 40.7 Å². The van der Waals surface area contributed by atoms with Crippen LogP contribution in [-0.2, 0) is 11.2 Å². The van der Waals surface area contributed by atoms with Gasteiger partial charge in [0.1, 0.15) is 6.54 Å². The summed E-state index contributed by atoms with van der Waals surface area (Å²) in [6, 6.07) is 16.1. The average Bonchev–Trinajstić information content (AvgIpc) is 3.26. The maximum atomic E-state index is 13.6. The van der Waals surface area contributed by atoms with E-state index in [9.17, 15) is 9.59 Å². The molecule has 0 radical (unpaired) electrons. The molecule has 0 saturated carbocycles. The molecule has 7 heteroatoms. The molecule has 0 fully saturated rings. The molecular formula is C25H24Cl2N2O2S. The highest BCUT2D eigenvalue weighted by atomic mass is 35.5. The molecule has 166 valence electrons. The molecule has 3 aromatic rings. The molecule has 1 atom stereocenters. The lowest BCUT2D eigenvalue weighted by molar-refractivity contribution is -0.134. The van der Waals surface area contributed by atoms with Gasteiger partial charge in [0.05, 0.1) is 6.04 Å². The number of hydrogen-bond donors (Lipinski definition) is 0. The summed E-state index contributed by atoms with van der Waals surface area (Å²) in [5.74, 6) is -0.251. The van der Waals surface area contributed by atoms with Crippen molar-refractivity contribution in [2.45, 2.75) is 32.4 Å². The number of benzene rings is 2. The van der Waals surface area contributed by atoms with Gasteiger partial charge >= 0.3 is 0 Å². The Labute approximate surface area is 202 Å². The van der Waals surface area contributed by atoms with Crippen molar-refractivity contribution in [3.05, 3.63) is 91.6 Å². The third-order valence-corrected chi connectivity index (χ3v) is 7.31. The predicted molar refractivity (Wildman–Crippen MR) is 131 cm³/mol. The van der Waals surface area contributed by atoms with E-state index in [1.807, 2.05) is 43.0 Å². The summed E-state index contributed by atoms with van der Waals surface area (Å²) >= 11 is 14.4. The number of fused-ring (bicyclic) bond motifs is 1. The second kappa shape index (κ2) is 9.65. The zero-order chi connectivity index (χ0) is 22.8. The van der Waals surface area contributed by atoms with E-state index in [2.05, 4.69) is 11.4 Å². The van der Waals surface area contributed by atoms with Gasteiger partial charge in [0.25, 0.3) is 5.91 Å². The first kappa shape index (κ1) is 22.8. The Bertz CT molecular complexity index is 1130. The summed E-state index contributed by atoms with van der Waals surface area (Å²) in [4.78, 5) is 31.5. The molecule has 2 heterocycles. The van der Waals surface area contributed by atoms with Crippen molar-refractivity contribution in [3.63, 3.8) is 0 Å². The smallest absolute Gasteiger partial charge is 0.254 e. The van der Waals surface area contributed by atoms with Gasteiger partial charge in [-0.3, -0.25) is 9.59 Å². The van der Waals surface area contributed by atoms with Gasteiger partial charge < -0.3 is 9.80 Å². The zero-order valence-corrected chi connectivity index (χ0v) is 20.3. The third kappa shape index (κ3) is 4.56. The molecule has 0 spiro atoms. The maximum Gasteiger partial charge on any atom is 0.254 e. The van der Waals surface area contributed by atoms with Crippen LogP contribution in [0.2, 0.25) is 10.0 Å². The minimum atomic E-state index is -0.303. The molecule has 0 bridgehead atoms. The summed E-state index contributed by atoms with van der Waals surface area (Å²) in [6.45, 7) is 4.43. The van der Waals surface area contributed by atoms with Crippen LogP contribution in [0.15, 0.2) is 60.0 Å². The van der Waals surface area contributed by atoms with Gasteiger partial charge in [0.15, 0.2) is 0 Å². The average molecular weight is 487 g/mol. The Morgan fingerprint density at radius 3 is 2.53 bits per heavy atom. The second-order valence-corrected chi connectivity index (χ2v) is 9.94. The van der Waals surface area contributed by atoms with Crippen LogP contribution in [0.25, 0.3) is 0 Å². The first-order chi connectivity index (χ1) is 15.4. The van der Waals surface area contributed by atoms with Crippen molar-refractivity contribution in [2.24, 2.45) is 0 Å². The van der Waals surface area contributed by atoms with Gasteiger partial charge in [-0.25, -0.2) is 0 Å². The van der Waals surface area contributed by atoms with E-state index in [1.54, 1.807) is 40.5 Å². The highest BCUT2D eigenvalue weighted by molar-refractivity contribution is 7.10. The first-order valence-electron chi connectivity index (χ1n) is 10.5. The third-order valence-electron chi connectivity index (χ3n) is 5.75. The summed E-state index contributed by atoms with van der Waals surface area (Å²) in [5.41, 5.74) is 2.50. The molecule has 4 rings (SSSR count). The molecule has 2 aromatic carbocycles. The highest BCUT2D eigenvalue weighted by Crippen LogP contribution is 2.41. The van der Waals surface area contributed by atoms with E-state index in [-0.39, 0.29) is 30.4 Å². The van der Waals surface area contributed by atoms with Crippen LogP contribution in [0.1, 0.15) is 46.3 Å². The Morgan fingerprint density at radius 1 is 1.09 bits per heavy atom. The summed E-state index contributed by atoms with van der Waals surface area (Å²) in [6.07, 6.45) is 0.786. The molecule has 0 aliphatic carbocycles. The minimum Gasteiger partial charge on any atom is -0.330 e. The van der Waals surface area contributed by atoms with E-state index < -0.39 is 0 Å². The second-order valence-electron chi connectivity index (χ2n) is 8.10. The van der Waals surface area contributed by atoms with Crippen molar-refractivity contribution >= 4 is 46.4 Å². The van der Waals surface area contributed by atoms with Crippen LogP contribution in [0, 0.1) is 0 Å². The zero-order valence-electron chi connectivity index (χ0n) is 17.9. The number of thiophene rings is 1. The van der Waals surface area contributed by atoms with Gasteiger partial charge in [-0.2, -0.15) is 0 Å². The Hall–Kier alpha value is -2.34. The van der Waals surface area contributed by atoms with Gasteiger partial charge in [-0.05, 0) is 67.1 Å². The fourth-order valence-electron chi connectivity index (χ4n) is 4.12. The van der Waals surface area contributed by atoms with Gasteiger partial charge in [-0.1, -0.05) is 47.5 Å². The largest absolute Gasteiger partial charge is 0.330 e. The molecule has 0 saturated heterocycles. The number of hydrogen-bond acceptors (Lipinski definition) is 3. The lowest BCUT2D eigenvalue weighted by Gasteiger charge is -2.38. The standard InChI is InChI=1S/C25H24Cl2N2O2S/c1-16(2)29(25(31)17-6-4-3-5-7-17)15-23(30)28-12-10-22-20(11-13-32-22)24(28)19-9-8-18(26)14-21(19)27/h3-9,11,13-14,16,24H,10,12,15H2,1-2H3/t24-/m1/s1. The quantitative estimate of drug-likeness (QED) is 0.438. The predicted octanol–water partition coefficient (Wildman–Crippen LogP) is 6.08. The molecule has 1 aliphatic rings. The van der Waals surface area contributed by atoms with Gasteiger partial charge in [0, 0.05) is 33.1 Å². The van der Waals surface area contributed by atoms with Crippen molar-refractivity contribution in [2.75, 3.05) is 13.1 Å². The number of rotatable bonds is 5. The molecule has 0 N–H and O–H groups in total. The fourth-order valence-corrected chi connectivity index (χ4v) is 5.53. The molecule has 32 heavy (non-hydrogen) atoms. The number of nitrogens with zero attached hydrogens (tertiary/aromatic N) is 2. The van der Waals surface area contributed by atoms with Crippen molar-refractivity contribution in [1.29, 1.82) is 0 Å². The van der Waals surface area contributed by atoms with Crippen molar-refractivity contribution in [3.8, 4) is 0 Å². The van der Waals surface area contributed by atoms with E-state index >= 15 is 0 Å². The SMILES string of the molecule is CC(C)N(CC(=O)N1CCc2sccc2[C@H]1c1ccc(Cl)cc1Cl)C(=O)c1ccccc1. The monoisotopic (exact) mass is 486 g/mol. The normalized spacial score (nSPS) is 15.5.